The molecule has 1 aliphatic rings. The number of hydrogen-bond acceptors (Lipinski definition) is 0. The first-order valence-electron chi connectivity index (χ1n) is 20.8. The first-order chi connectivity index (χ1) is 29.8. The Morgan fingerprint density at radius 1 is 0.217 bits per heavy atom. The zero-order valence-corrected chi connectivity index (χ0v) is 32.7. The number of rotatable bonds is 5. The topological polar surface area (TPSA) is 9.86 Å². The van der Waals surface area contributed by atoms with Gasteiger partial charge in [-0.25, -0.2) is 0 Å². The molecule has 0 bridgehead atoms. The number of aromatic nitrogens is 2. The lowest BCUT2D eigenvalue weighted by molar-refractivity contribution is 1.18. The van der Waals surface area contributed by atoms with E-state index in [0.717, 1.165) is 11.4 Å². The fourth-order valence-corrected chi connectivity index (χ4v) is 10.1. The maximum atomic E-state index is 2.42. The minimum Gasteiger partial charge on any atom is -0.309 e. The minimum atomic E-state index is 1.15. The molecule has 60 heavy (non-hydrogen) atoms. The molecule has 278 valence electrons. The maximum absolute atomic E-state index is 2.42. The summed E-state index contributed by atoms with van der Waals surface area (Å²) < 4.78 is 4.82. The molecule has 0 amide bonds. The molecule has 0 radical (unpaired) electrons. The number of fused-ring (bicyclic) bond motifs is 9. The molecular formula is C58H36N2. The highest BCUT2D eigenvalue weighted by Gasteiger charge is 2.22. The number of nitrogens with zero attached hydrogens (tertiary/aromatic N) is 2. The van der Waals surface area contributed by atoms with Gasteiger partial charge in [0.25, 0.3) is 0 Å². The molecule has 2 heterocycles. The van der Waals surface area contributed by atoms with E-state index in [4.69, 9.17) is 0 Å². The van der Waals surface area contributed by atoms with E-state index in [2.05, 4.69) is 228 Å². The number of benzene rings is 10. The van der Waals surface area contributed by atoms with E-state index in [-0.39, 0.29) is 0 Å². The van der Waals surface area contributed by atoms with Crippen molar-refractivity contribution in [2.24, 2.45) is 0 Å². The van der Waals surface area contributed by atoms with Gasteiger partial charge < -0.3 is 9.13 Å². The van der Waals surface area contributed by atoms with Gasteiger partial charge >= 0.3 is 0 Å². The molecule has 2 nitrogen and oxygen atoms in total. The molecule has 1 aliphatic carbocycles. The van der Waals surface area contributed by atoms with E-state index in [1.165, 1.54) is 110 Å². The second-order valence-corrected chi connectivity index (χ2v) is 16.1. The summed E-state index contributed by atoms with van der Waals surface area (Å²) in [4.78, 5) is 0. The molecule has 12 aromatic rings. The van der Waals surface area contributed by atoms with Crippen LogP contribution in [0.2, 0.25) is 0 Å². The molecule has 0 saturated heterocycles. The van der Waals surface area contributed by atoms with Crippen LogP contribution in [0.5, 0.6) is 0 Å². The van der Waals surface area contributed by atoms with Crippen molar-refractivity contribution < 1.29 is 0 Å². The van der Waals surface area contributed by atoms with Gasteiger partial charge in [-0.3, -0.25) is 0 Å². The molecule has 0 N–H and O–H groups in total. The van der Waals surface area contributed by atoms with E-state index in [1.807, 2.05) is 0 Å². The van der Waals surface area contributed by atoms with Crippen molar-refractivity contribution in [2.45, 2.75) is 0 Å². The number of para-hydroxylation sites is 2. The third-order valence-electron chi connectivity index (χ3n) is 12.9. The van der Waals surface area contributed by atoms with Crippen LogP contribution in [-0.2, 0) is 0 Å². The van der Waals surface area contributed by atoms with Crippen molar-refractivity contribution >= 4 is 54.4 Å². The van der Waals surface area contributed by atoms with Gasteiger partial charge in [-0.1, -0.05) is 158 Å². The lowest BCUT2D eigenvalue weighted by Gasteiger charge is -2.12. The number of hydrogen-bond donors (Lipinski definition) is 0. The van der Waals surface area contributed by atoms with Gasteiger partial charge in [0.15, 0.2) is 0 Å². The van der Waals surface area contributed by atoms with Crippen LogP contribution in [0.3, 0.4) is 0 Å². The summed E-state index contributed by atoms with van der Waals surface area (Å²) in [6.07, 6.45) is 0. The summed E-state index contributed by atoms with van der Waals surface area (Å²) in [6, 6.07) is 80.4. The SMILES string of the molecule is c1ccc(-c2ccc(-n3c4ccccc4c4cc(-c5ccc6c(c5)c5ccccc5n6-c5ccc(-c6ccc7c8c(cccc68)-c6ccccc6-7)cc5)ccc43)cc2)cc1. The monoisotopic (exact) mass is 760 g/mol. The van der Waals surface area contributed by atoms with Crippen molar-refractivity contribution in [1.82, 2.24) is 9.13 Å². The molecule has 0 fully saturated rings. The van der Waals surface area contributed by atoms with Gasteiger partial charge in [0, 0.05) is 32.9 Å². The van der Waals surface area contributed by atoms with Gasteiger partial charge in [0.1, 0.15) is 0 Å². The summed E-state index contributed by atoms with van der Waals surface area (Å²) in [5.74, 6) is 0. The quantitative estimate of drug-likeness (QED) is 0.165. The molecule has 2 aromatic heterocycles. The minimum absolute atomic E-state index is 1.15. The van der Waals surface area contributed by atoms with Crippen molar-refractivity contribution in [3.63, 3.8) is 0 Å². The highest BCUT2D eigenvalue weighted by molar-refractivity contribution is 6.19. The maximum Gasteiger partial charge on any atom is 0.0541 e. The Morgan fingerprint density at radius 3 is 1.23 bits per heavy atom. The van der Waals surface area contributed by atoms with E-state index < -0.39 is 0 Å². The zero-order chi connectivity index (χ0) is 39.3. The predicted molar refractivity (Wildman–Crippen MR) is 253 cm³/mol. The lowest BCUT2D eigenvalue weighted by Crippen LogP contribution is -1.94. The third-order valence-corrected chi connectivity index (χ3v) is 12.9. The van der Waals surface area contributed by atoms with Gasteiger partial charge in [0.2, 0.25) is 0 Å². The van der Waals surface area contributed by atoms with Crippen LogP contribution in [0, 0.1) is 0 Å². The lowest BCUT2D eigenvalue weighted by atomic mass is 9.94. The first kappa shape index (κ1) is 33.1. The van der Waals surface area contributed by atoms with E-state index in [0.29, 0.717) is 0 Å². The summed E-state index contributed by atoms with van der Waals surface area (Å²) in [5.41, 5.74) is 19.8. The fraction of sp³-hybridized carbons (Fsp3) is 0. The van der Waals surface area contributed by atoms with Crippen molar-refractivity contribution in [1.29, 1.82) is 0 Å². The molecule has 0 unspecified atom stereocenters. The van der Waals surface area contributed by atoms with Crippen LogP contribution in [0.15, 0.2) is 218 Å². The normalized spacial score (nSPS) is 12.0. The second kappa shape index (κ2) is 12.8. The van der Waals surface area contributed by atoms with E-state index in [1.54, 1.807) is 0 Å². The molecule has 2 heteroatoms. The molecule has 0 aliphatic heterocycles. The molecule has 10 aromatic carbocycles. The van der Waals surface area contributed by atoms with Gasteiger partial charge in [-0.2, -0.15) is 0 Å². The van der Waals surface area contributed by atoms with Gasteiger partial charge in [0.05, 0.1) is 22.1 Å². The Kier molecular flexibility index (Phi) is 7.05. The van der Waals surface area contributed by atoms with Crippen LogP contribution >= 0.6 is 0 Å². The van der Waals surface area contributed by atoms with Crippen molar-refractivity contribution in [3.8, 4) is 67.0 Å². The summed E-state index contributed by atoms with van der Waals surface area (Å²) >= 11 is 0. The average Bonchev–Trinajstić information content (AvgIpc) is 3.96. The largest absolute Gasteiger partial charge is 0.309 e. The Balaban J connectivity index is 0.893. The second-order valence-electron chi connectivity index (χ2n) is 16.1. The van der Waals surface area contributed by atoms with Gasteiger partial charge in [-0.05, 0) is 127 Å². The molecule has 0 spiro atoms. The smallest absolute Gasteiger partial charge is 0.0541 e. The highest BCUT2D eigenvalue weighted by atomic mass is 15.0. The Bertz CT molecular complexity index is 3650. The summed E-state index contributed by atoms with van der Waals surface area (Å²) in [7, 11) is 0. The van der Waals surface area contributed by atoms with Crippen LogP contribution < -0.4 is 0 Å². The van der Waals surface area contributed by atoms with Crippen LogP contribution in [-0.4, -0.2) is 9.13 Å². The standard InChI is InChI=1S/C58H36N2/c1-2-11-37(12-3-1)38-21-27-42(28-22-38)59-54-19-8-6-15-47(54)52-35-40(25-33-56(52)59)41-26-34-57-53(36-41)48-16-7-9-20-55(48)60(57)43-29-23-39(24-30-43)44-31-32-51-46-14-5-4-13-45(46)50-18-10-17-49(44)58(50)51/h1-36H. The predicted octanol–water partition coefficient (Wildman–Crippen LogP) is 15.7. The summed E-state index contributed by atoms with van der Waals surface area (Å²) in [6.45, 7) is 0. The molecular weight excluding hydrogens is 725 g/mol. The van der Waals surface area contributed by atoms with E-state index >= 15 is 0 Å². The Labute approximate surface area is 347 Å². The summed E-state index contributed by atoms with van der Waals surface area (Å²) in [5, 5.41) is 7.67. The third kappa shape index (κ3) is 4.82. The fourth-order valence-electron chi connectivity index (χ4n) is 10.1. The Morgan fingerprint density at radius 2 is 0.633 bits per heavy atom. The van der Waals surface area contributed by atoms with Gasteiger partial charge in [-0.15, -0.1) is 0 Å². The zero-order valence-electron chi connectivity index (χ0n) is 32.7. The molecule has 0 saturated carbocycles. The van der Waals surface area contributed by atoms with Crippen LogP contribution in [0.4, 0.5) is 0 Å². The van der Waals surface area contributed by atoms with Crippen molar-refractivity contribution in [2.75, 3.05) is 0 Å². The van der Waals surface area contributed by atoms with Crippen LogP contribution in [0.1, 0.15) is 0 Å². The average molecular weight is 761 g/mol. The molecule has 13 rings (SSSR count). The van der Waals surface area contributed by atoms with E-state index in [9.17, 15) is 0 Å². The Hall–Kier alpha value is -7.94. The van der Waals surface area contributed by atoms with Crippen molar-refractivity contribution in [3.05, 3.63) is 218 Å². The van der Waals surface area contributed by atoms with Crippen LogP contribution in [0.25, 0.3) is 121 Å². The highest BCUT2D eigenvalue weighted by Crippen LogP contribution is 2.49. The molecule has 0 atom stereocenters. The first-order valence-corrected chi connectivity index (χ1v) is 20.8.